The molecule has 5 nitrogen and oxygen atoms in total. The first-order valence-electron chi connectivity index (χ1n) is 8.19. The number of nitrogens with one attached hydrogen (secondary N) is 2. The minimum atomic E-state index is -1.04. The van der Waals surface area contributed by atoms with Crippen molar-refractivity contribution in [1.29, 1.82) is 0 Å². The third-order valence-corrected chi connectivity index (χ3v) is 4.41. The van der Waals surface area contributed by atoms with Gasteiger partial charge in [0.15, 0.2) is 0 Å². The predicted molar refractivity (Wildman–Crippen MR) is 96.4 cm³/mol. The molecule has 0 aliphatic carbocycles. The summed E-state index contributed by atoms with van der Waals surface area (Å²) < 4.78 is 0. The van der Waals surface area contributed by atoms with E-state index in [-0.39, 0.29) is 12.3 Å². The van der Waals surface area contributed by atoms with Gasteiger partial charge in [-0.25, -0.2) is 4.79 Å². The van der Waals surface area contributed by atoms with Gasteiger partial charge in [-0.15, -0.1) is 0 Å². The summed E-state index contributed by atoms with van der Waals surface area (Å²) in [6.45, 7) is 1.77. The number of benzene rings is 2. The van der Waals surface area contributed by atoms with E-state index in [2.05, 4.69) is 10.3 Å². The number of para-hydroxylation sites is 1. The quantitative estimate of drug-likeness (QED) is 0.647. The molecule has 1 aromatic heterocycles. The molecule has 3 N–H and O–H groups in total. The molecule has 25 heavy (non-hydrogen) atoms. The van der Waals surface area contributed by atoms with Gasteiger partial charge in [-0.2, -0.15) is 0 Å². The van der Waals surface area contributed by atoms with Gasteiger partial charge < -0.3 is 15.4 Å². The summed E-state index contributed by atoms with van der Waals surface area (Å²) in [5.41, 5.74) is 2.68. The topological polar surface area (TPSA) is 82.2 Å². The molecule has 0 radical (unpaired) electrons. The lowest BCUT2D eigenvalue weighted by Crippen LogP contribution is -2.44. The Morgan fingerprint density at radius 1 is 1.08 bits per heavy atom. The standard InChI is InChI=1S/C20H20N2O3/c1-13(14-7-3-2-4-8-14)19(23)22-18(20(24)25)11-15-12-21-17-10-6-5-9-16(15)17/h2-10,12-13,18,21H,11H2,1H3,(H,22,23)(H,24,25)/t13?,18-/m0/s1. The minimum absolute atomic E-state index is 0.229. The van der Waals surface area contributed by atoms with Crippen molar-refractivity contribution in [3.8, 4) is 0 Å². The Morgan fingerprint density at radius 2 is 1.76 bits per heavy atom. The zero-order valence-corrected chi connectivity index (χ0v) is 13.9. The Hall–Kier alpha value is -3.08. The molecule has 0 fully saturated rings. The number of H-pyrrole nitrogens is 1. The summed E-state index contributed by atoms with van der Waals surface area (Å²) in [4.78, 5) is 27.2. The molecule has 1 unspecified atom stereocenters. The number of aromatic nitrogens is 1. The van der Waals surface area contributed by atoms with Crippen LogP contribution >= 0.6 is 0 Å². The molecule has 2 aromatic carbocycles. The van der Waals surface area contributed by atoms with Crippen LogP contribution < -0.4 is 5.32 Å². The maximum atomic E-state index is 12.5. The average molecular weight is 336 g/mol. The maximum absolute atomic E-state index is 12.5. The van der Waals surface area contributed by atoms with Crippen LogP contribution in [0.15, 0.2) is 60.8 Å². The van der Waals surface area contributed by atoms with Crippen molar-refractivity contribution in [2.75, 3.05) is 0 Å². The van der Waals surface area contributed by atoms with Crippen LogP contribution in [0.4, 0.5) is 0 Å². The molecule has 0 bridgehead atoms. The number of carbonyl (C=O) groups is 2. The second kappa shape index (κ2) is 7.21. The van der Waals surface area contributed by atoms with E-state index in [4.69, 9.17) is 0 Å². The van der Waals surface area contributed by atoms with E-state index < -0.39 is 17.9 Å². The van der Waals surface area contributed by atoms with Crippen LogP contribution in [0.25, 0.3) is 10.9 Å². The van der Waals surface area contributed by atoms with E-state index in [0.29, 0.717) is 0 Å². The zero-order chi connectivity index (χ0) is 17.8. The van der Waals surface area contributed by atoms with Crippen molar-refractivity contribution in [1.82, 2.24) is 10.3 Å². The highest BCUT2D eigenvalue weighted by Crippen LogP contribution is 2.20. The van der Waals surface area contributed by atoms with Crippen molar-refractivity contribution in [2.45, 2.75) is 25.3 Å². The number of amides is 1. The minimum Gasteiger partial charge on any atom is -0.480 e. The lowest BCUT2D eigenvalue weighted by atomic mass is 9.99. The van der Waals surface area contributed by atoms with Gasteiger partial charge in [-0.05, 0) is 24.1 Å². The summed E-state index contributed by atoms with van der Waals surface area (Å²) in [6, 6.07) is 16.0. The maximum Gasteiger partial charge on any atom is 0.326 e. The van der Waals surface area contributed by atoms with Crippen LogP contribution in [-0.4, -0.2) is 28.0 Å². The average Bonchev–Trinajstić information content (AvgIpc) is 3.04. The van der Waals surface area contributed by atoms with E-state index in [0.717, 1.165) is 22.0 Å². The van der Waals surface area contributed by atoms with Crippen LogP contribution in [0.2, 0.25) is 0 Å². The number of aliphatic carboxylic acids is 1. The molecule has 2 atom stereocenters. The molecular formula is C20H20N2O3. The fraction of sp³-hybridized carbons (Fsp3) is 0.200. The molecule has 0 saturated heterocycles. The highest BCUT2D eigenvalue weighted by Gasteiger charge is 2.24. The zero-order valence-electron chi connectivity index (χ0n) is 13.9. The summed E-state index contributed by atoms with van der Waals surface area (Å²) >= 11 is 0. The van der Waals surface area contributed by atoms with Gasteiger partial charge in [0.1, 0.15) is 6.04 Å². The summed E-state index contributed by atoms with van der Waals surface area (Å²) in [6.07, 6.45) is 2.03. The van der Waals surface area contributed by atoms with Crippen molar-refractivity contribution >= 4 is 22.8 Å². The van der Waals surface area contributed by atoms with Gasteiger partial charge in [-0.1, -0.05) is 48.5 Å². The number of hydrogen-bond donors (Lipinski definition) is 3. The number of fused-ring (bicyclic) bond motifs is 1. The second-order valence-corrected chi connectivity index (χ2v) is 6.10. The third kappa shape index (κ3) is 3.71. The number of carbonyl (C=O) groups excluding carboxylic acids is 1. The largest absolute Gasteiger partial charge is 0.480 e. The predicted octanol–water partition coefficient (Wildman–Crippen LogP) is 3.08. The van der Waals surface area contributed by atoms with Crippen LogP contribution in [0.1, 0.15) is 24.0 Å². The van der Waals surface area contributed by atoms with E-state index >= 15 is 0 Å². The lowest BCUT2D eigenvalue weighted by Gasteiger charge is -2.18. The van der Waals surface area contributed by atoms with Gasteiger partial charge >= 0.3 is 5.97 Å². The molecule has 1 amide bonds. The van der Waals surface area contributed by atoms with Crippen molar-refractivity contribution in [2.24, 2.45) is 0 Å². The van der Waals surface area contributed by atoms with Crippen LogP contribution in [0.5, 0.6) is 0 Å². The van der Waals surface area contributed by atoms with Gasteiger partial charge in [0.25, 0.3) is 0 Å². The first-order chi connectivity index (χ1) is 12.1. The Morgan fingerprint density at radius 3 is 2.48 bits per heavy atom. The second-order valence-electron chi connectivity index (χ2n) is 6.10. The molecule has 3 aromatic rings. The van der Waals surface area contributed by atoms with E-state index in [1.54, 1.807) is 13.1 Å². The van der Waals surface area contributed by atoms with Crippen molar-refractivity contribution in [3.05, 3.63) is 71.9 Å². The normalized spacial score (nSPS) is 13.3. The summed E-state index contributed by atoms with van der Waals surface area (Å²) in [5.74, 6) is -1.75. The van der Waals surface area contributed by atoms with Crippen molar-refractivity contribution < 1.29 is 14.7 Å². The van der Waals surface area contributed by atoms with Crippen molar-refractivity contribution in [3.63, 3.8) is 0 Å². The number of rotatable bonds is 6. The van der Waals surface area contributed by atoms with Gasteiger partial charge in [-0.3, -0.25) is 4.79 Å². The Balaban J connectivity index is 1.75. The Labute approximate surface area is 145 Å². The van der Waals surface area contributed by atoms with Gasteiger partial charge in [0.2, 0.25) is 5.91 Å². The molecule has 0 spiro atoms. The summed E-state index contributed by atoms with van der Waals surface area (Å²) in [5, 5.41) is 13.2. The number of carboxylic acid groups (broad SMARTS) is 1. The summed E-state index contributed by atoms with van der Waals surface area (Å²) in [7, 11) is 0. The highest BCUT2D eigenvalue weighted by atomic mass is 16.4. The molecule has 0 saturated carbocycles. The molecule has 3 rings (SSSR count). The molecule has 1 heterocycles. The monoisotopic (exact) mass is 336 g/mol. The number of hydrogen-bond acceptors (Lipinski definition) is 2. The smallest absolute Gasteiger partial charge is 0.326 e. The molecular weight excluding hydrogens is 316 g/mol. The highest BCUT2D eigenvalue weighted by molar-refractivity contribution is 5.89. The lowest BCUT2D eigenvalue weighted by molar-refractivity contribution is -0.141. The van der Waals surface area contributed by atoms with Crippen LogP contribution in [0, 0.1) is 0 Å². The molecule has 128 valence electrons. The number of carboxylic acids is 1. The third-order valence-electron chi connectivity index (χ3n) is 4.41. The first-order valence-corrected chi connectivity index (χ1v) is 8.19. The Kier molecular flexibility index (Phi) is 4.84. The van der Waals surface area contributed by atoms with E-state index in [1.807, 2.05) is 54.6 Å². The number of aromatic amines is 1. The van der Waals surface area contributed by atoms with E-state index in [9.17, 15) is 14.7 Å². The van der Waals surface area contributed by atoms with E-state index in [1.165, 1.54) is 0 Å². The fourth-order valence-electron chi connectivity index (χ4n) is 2.91. The SMILES string of the molecule is CC(C(=O)N[C@@H](Cc1c[nH]c2ccccc12)C(=O)O)c1ccccc1. The van der Waals surface area contributed by atoms with Gasteiger partial charge in [0, 0.05) is 23.5 Å². The molecule has 0 aliphatic rings. The van der Waals surface area contributed by atoms with Crippen LogP contribution in [0.3, 0.4) is 0 Å². The first kappa shape index (κ1) is 16.8. The fourth-order valence-corrected chi connectivity index (χ4v) is 2.91. The van der Waals surface area contributed by atoms with Gasteiger partial charge in [0.05, 0.1) is 5.92 Å². The van der Waals surface area contributed by atoms with Crippen LogP contribution in [-0.2, 0) is 16.0 Å². The Bertz CT molecular complexity index is 886. The molecule has 0 aliphatic heterocycles. The molecule has 5 heteroatoms.